The Morgan fingerprint density at radius 1 is 1.28 bits per heavy atom. The van der Waals surface area contributed by atoms with Crippen LogP contribution in [-0.4, -0.2) is 18.0 Å². The fourth-order valence-corrected chi connectivity index (χ4v) is 2.89. The minimum atomic E-state index is 0.830. The summed E-state index contributed by atoms with van der Waals surface area (Å²) in [7, 11) is 0. The molecule has 0 radical (unpaired) electrons. The van der Waals surface area contributed by atoms with Gasteiger partial charge in [-0.3, -0.25) is 4.90 Å². The molecule has 2 nitrogen and oxygen atoms in total. The smallest absolute Gasteiger partial charge is 0.0359 e. The maximum atomic E-state index is 6.06. The number of hydrogen-bond acceptors (Lipinski definition) is 2. The summed E-state index contributed by atoms with van der Waals surface area (Å²) < 4.78 is 0. The predicted octanol–water partition coefficient (Wildman–Crippen LogP) is 3.45. The van der Waals surface area contributed by atoms with Gasteiger partial charge in [-0.05, 0) is 56.3 Å². The van der Waals surface area contributed by atoms with E-state index < -0.39 is 0 Å². The molecular weight excluding hydrogens is 220 g/mol. The zero-order valence-electron chi connectivity index (χ0n) is 11.9. The lowest BCUT2D eigenvalue weighted by Gasteiger charge is -2.34. The summed E-state index contributed by atoms with van der Waals surface area (Å²) in [5, 5.41) is 0. The van der Waals surface area contributed by atoms with Crippen molar-refractivity contribution in [1.29, 1.82) is 0 Å². The molecule has 1 aliphatic heterocycles. The van der Waals surface area contributed by atoms with Crippen molar-refractivity contribution in [1.82, 2.24) is 4.90 Å². The van der Waals surface area contributed by atoms with Crippen LogP contribution in [0.25, 0.3) is 0 Å². The Morgan fingerprint density at radius 3 is 2.56 bits per heavy atom. The summed E-state index contributed by atoms with van der Waals surface area (Å²) >= 11 is 0. The molecule has 2 N–H and O–H groups in total. The van der Waals surface area contributed by atoms with Crippen molar-refractivity contribution in [2.75, 3.05) is 18.8 Å². The molecule has 0 bridgehead atoms. The summed E-state index contributed by atoms with van der Waals surface area (Å²) in [6.07, 6.45) is 2.67. The van der Waals surface area contributed by atoms with E-state index in [1.807, 2.05) is 6.07 Å². The average molecular weight is 246 g/mol. The van der Waals surface area contributed by atoms with Crippen molar-refractivity contribution >= 4 is 5.69 Å². The van der Waals surface area contributed by atoms with Crippen LogP contribution in [0.1, 0.15) is 37.8 Å². The van der Waals surface area contributed by atoms with Gasteiger partial charge in [0.1, 0.15) is 0 Å². The van der Waals surface area contributed by atoms with Crippen LogP contribution in [0.4, 0.5) is 5.69 Å². The maximum absolute atomic E-state index is 6.06. The molecule has 1 aliphatic rings. The van der Waals surface area contributed by atoms with E-state index >= 15 is 0 Å². The summed E-state index contributed by atoms with van der Waals surface area (Å²) in [6.45, 7) is 10.3. The van der Waals surface area contributed by atoms with E-state index in [1.54, 1.807) is 0 Å². The largest absolute Gasteiger partial charge is 0.398 e. The minimum absolute atomic E-state index is 0.830. The van der Waals surface area contributed by atoms with Crippen LogP contribution in [0.3, 0.4) is 0 Å². The molecule has 1 aromatic carbocycles. The lowest BCUT2D eigenvalue weighted by Crippen LogP contribution is -2.34. The number of nitrogens with two attached hydrogens (primary N) is 1. The Bertz CT molecular complexity index is 390. The highest BCUT2D eigenvalue weighted by atomic mass is 15.1. The van der Waals surface area contributed by atoms with Gasteiger partial charge >= 0.3 is 0 Å². The standard InChI is InChI=1S/C16H26N2/c1-12(2)14-6-8-18(9-7-14)11-15-10-13(3)4-5-16(15)17/h4-5,10,12,14H,6-9,11,17H2,1-3H3. The second-order valence-corrected chi connectivity index (χ2v) is 6.06. The quantitative estimate of drug-likeness (QED) is 0.828. The molecule has 1 saturated heterocycles. The van der Waals surface area contributed by atoms with E-state index in [0.717, 1.165) is 24.1 Å². The fraction of sp³-hybridized carbons (Fsp3) is 0.625. The number of rotatable bonds is 3. The van der Waals surface area contributed by atoms with Gasteiger partial charge in [-0.15, -0.1) is 0 Å². The predicted molar refractivity (Wildman–Crippen MR) is 78.4 cm³/mol. The summed E-state index contributed by atoms with van der Waals surface area (Å²) in [5.74, 6) is 1.74. The zero-order valence-corrected chi connectivity index (χ0v) is 11.9. The molecule has 0 atom stereocenters. The van der Waals surface area contributed by atoms with Crippen LogP contribution in [0, 0.1) is 18.8 Å². The highest BCUT2D eigenvalue weighted by Crippen LogP contribution is 2.26. The van der Waals surface area contributed by atoms with Crippen LogP contribution < -0.4 is 5.73 Å². The van der Waals surface area contributed by atoms with Crippen molar-refractivity contribution in [3.63, 3.8) is 0 Å². The first kappa shape index (κ1) is 13.4. The molecule has 0 amide bonds. The van der Waals surface area contributed by atoms with Gasteiger partial charge in [0.2, 0.25) is 0 Å². The molecule has 18 heavy (non-hydrogen) atoms. The Kier molecular flexibility index (Phi) is 4.28. The van der Waals surface area contributed by atoms with Gasteiger partial charge < -0.3 is 5.73 Å². The van der Waals surface area contributed by atoms with Crippen molar-refractivity contribution < 1.29 is 0 Å². The molecule has 1 heterocycles. The van der Waals surface area contributed by atoms with Crippen molar-refractivity contribution in [2.45, 2.75) is 40.2 Å². The number of hydrogen-bond donors (Lipinski definition) is 1. The van der Waals surface area contributed by atoms with Crippen molar-refractivity contribution in [3.05, 3.63) is 29.3 Å². The van der Waals surface area contributed by atoms with E-state index in [2.05, 4.69) is 37.8 Å². The van der Waals surface area contributed by atoms with Crippen LogP contribution >= 0.6 is 0 Å². The van der Waals surface area contributed by atoms with Gasteiger partial charge in [-0.2, -0.15) is 0 Å². The normalized spacial score (nSPS) is 18.4. The fourth-order valence-electron chi connectivity index (χ4n) is 2.89. The molecule has 2 heteroatoms. The first-order valence-electron chi connectivity index (χ1n) is 7.13. The number of piperidine rings is 1. The maximum Gasteiger partial charge on any atom is 0.0359 e. The molecule has 0 unspecified atom stereocenters. The second kappa shape index (κ2) is 5.75. The van der Waals surface area contributed by atoms with Gasteiger partial charge in [-0.1, -0.05) is 31.5 Å². The summed E-state index contributed by atoms with van der Waals surface area (Å²) in [6, 6.07) is 6.35. The lowest BCUT2D eigenvalue weighted by molar-refractivity contribution is 0.152. The topological polar surface area (TPSA) is 29.3 Å². The average Bonchev–Trinajstić information content (AvgIpc) is 2.34. The molecule has 2 rings (SSSR count). The number of nitrogen functional groups attached to an aromatic ring is 1. The molecular formula is C16H26N2. The second-order valence-electron chi connectivity index (χ2n) is 6.06. The van der Waals surface area contributed by atoms with Crippen molar-refractivity contribution in [3.8, 4) is 0 Å². The number of nitrogens with zero attached hydrogens (tertiary/aromatic N) is 1. The minimum Gasteiger partial charge on any atom is -0.398 e. The van der Waals surface area contributed by atoms with Gasteiger partial charge in [0.05, 0.1) is 0 Å². The van der Waals surface area contributed by atoms with E-state index in [1.165, 1.54) is 37.1 Å². The number of anilines is 1. The van der Waals surface area contributed by atoms with E-state index in [9.17, 15) is 0 Å². The molecule has 100 valence electrons. The molecule has 0 aliphatic carbocycles. The van der Waals surface area contributed by atoms with Crippen LogP contribution in [-0.2, 0) is 6.54 Å². The van der Waals surface area contributed by atoms with Crippen LogP contribution in [0.2, 0.25) is 0 Å². The zero-order chi connectivity index (χ0) is 13.1. The monoisotopic (exact) mass is 246 g/mol. The Hall–Kier alpha value is -1.02. The lowest BCUT2D eigenvalue weighted by atomic mass is 9.86. The van der Waals surface area contributed by atoms with Gasteiger partial charge in [-0.25, -0.2) is 0 Å². The third kappa shape index (κ3) is 3.26. The number of likely N-dealkylation sites (tertiary alicyclic amines) is 1. The van der Waals surface area contributed by atoms with E-state index in [4.69, 9.17) is 5.73 Å². The molecule has 0 aromatic heterocycles. The Labute approximate surface area is 111 Å². The SMILES string of the molecule is Cc1ccc(N)c(CN2CCC(C(C)C)CC2)c1. The molecule has 0 spiro atoms. The highest BCUT2D eigenvalue weighted by molar-refractivity contribution is 5.48. The molecule has 1 fully saturated rings. The van der Waals surface area contributed by atoms with Gasteiger partial charge in [0.15, 0.2) is 0 Å². The van der Waals surface area contributed by atoms with Gasteiger partial charge in [0, 0.05) is 12.2 Å². The third-order valence-corrected chi connectivity index (χ3v) is 4.27. The van der Waals surface area contributed by atoms with Crippen molar-refractivity contribution in [2.24, 2.45) is 11.8 Å². The number of benzene rings is 1. The van der Waals surface area contributed by atoms with E-state index in [-0.39, 0.29) is 0 Å². The molecule has 1 aromatic rings. The molecule has 0 saturated carbocycles. The Morgan fingerprint density at radius 2 is 1.94 bits per heavy atom. The number of aryl methyl sites for hydroxylation is 1. The van der Waals surface area contributed by atoms with E-state index in [0.29, 0.717) is 0 Å². The van der Waals surface area contributed by atoms with Crippen LogP contribution in [0.5, 0.6) is 0 Å². The summed E-state index contributed by atoms with van der Waals surface area (Å²) in [4.78, 5) is 2.55. The highest BCUT2D eigenvalue weighted by Gasteiger charge is 2.21. The van der Waals surface area contributed by atoms with Crippen LogP contribution in [0.15, 0.2) is 18.2 Å². The summed E-state index contributed by atoms with van der Waals surface area (Å²) in [5.41, 5.74) is 9.58. The van der Waals surface area contributed by atoms with Gasteiger partial charge in [0.25, 0.3) is 0 Å². The Balaban J connectivity index is 1.93. The first-order chi connectivity index (χ1) is 8.56. The first-order valence-corrected chi connectivity index (χ1v) is 7.13. The third-order valence-electron chi connectivity index (χ3n) is 4.27.